The number of nitrogens with one attached hydrogen (secondary N) is 1. The Morgan fingerprint density at radius 3 is 2.21 bits per heavy atom. The van der Waals surface area contributed by atoms with Gasteiger partial charge in [0.25, 0.3) is 5.91 Å². The summed E-state index contributed by atoms with van der Waals surface area (Å²) in [6.45, 7) is 0. The molecule has 47 heavy (non-hydrogen) atoms. The third kappa shape index (κ3) is 6.73. The van der Waals surface area contributed by atoms with Crippen molar-refractivity contribution in [2.24, 2.45) is 0 Å². The van der Waals surface area contributed by atoms with Gasteiger partial charge >= 0.3 is 5.97 Å². The number of carbonyl (C=O) groups excluding carboxylic acids is 3. The van der Waals surface area contributed by atoms with Gasteiger partial charge < -0.3 is 10.1 Å². The molecule has 0 saturated carbocycles. The van der Waals surface area contributed by atoms with Crippen LogP contribution in [-0.4, -0.2) is 49.8 Å². The Morgan fingerprint density at radius 1 is 0.894 bits per heavy atom. The Hall–Kier alpha value is -4.71. The summed E-state index contributed by atoms with van der Waals surface area (Å²) >= 11 is 4.30. The zero-order valence-corrected chi connectivity index (χ0v) is 27.3. The van der Waals surface area contributed by atoms with E-state index in [9.17, 15) is 14.4 Å². The average molecular weight is 677 g/mol. The molecule has 0 unspecified atom stereocenters. The van der Waals surface area contributed by atoms with Crippen LogP contribution in [-0.2, 0) is 25.5 Å². The van der Waals surface area contributed by atoms with Crippen molar-refractivity contribution >= 4 is 52.6 Å². The van der Waals surface area contributed by atoms with Gasteiger partial charge in [0.1, 0.15) is 22.8 Å². The number of thiazole rings is 1. The highest BCUT2D eigenvalue weighted by Gasteiger charge is 2.55. The van der Waals surface area contributed by atoms with Crippen LogP contribution >= 0.6 is 34.9 Å². The molecule has 2 amide bonds. The maximum atomic E-state index is 14.3. The fraction of sp³-hybridized carbons (Fsp3) is 0.139. The summed E-state index contributed by atoms with van der Waals surface area (Å²) in [5.74, 6) is -0.771. The van der Waals surface area contributed by atoms with Gasteiger partial charge in [-0.15, -0.1) is 23.1 Å². The molecule has 7 rings (SSSR count). The molecule has 4 heterocycles. The van der Waals surface area contributed by atoms with E-state index in [1.807, 2.05) is 115 Å². The SMILES string of the molecule is O=C(Cc1ccccc1)N[C@@H]1C(=O)N2C(C(=O)OC(c3ccccc3)c3ccccc3)=C(Sc3nc(-c4ccccn4)cs3)CS[C@H]12. The Balaban J connectivity index is 1.18. The first kappa shape index (κ1) is 30.9. The molecule has 3 aromatic carbocycles. The maximum Gasteiger partial charge on any atom is 0.356 e. The van der Waals surface area contributed by atoms with E-state index in [-0.39, 0.29) is 23.9 Å². The number of benzene rings is 3. The number of amides is 2. The van der Waals surface area contributed by atoms with Crippen LogP contribution in [0.5, 0.6) is 0 Å². The van der Waals surface area contributed by atoms with Gasteiger partial charge in [-0.25, -0.2) is 9.78 Å². The van der Waals surface area contributed by atoms with Crippen LogP contribution in [0.4, 0.5) is 0 Å². The van der Waals surface area contributed by atoms with Crippen molar-refractivity contribution < 1.29 is 19.1 Å². The van der Waals surface area contributed by atoms with Crippen LogP contribution in [0.15, 0.2) is 136 Å². The first-order valence-electron chi connectivity index (χ1n) is 14.9. The molecule has 0 spiro atoms. The van der Waals surface area contributed by atoms with Crippen molar-refractivity contribution in [3.05, 3.63) is 148 Å². The fourth-order valence-corrected chi connectivity index (χ4v) is 8.90. The lowest BCUT2D eigenvalue weighted by atomic mass is 10.0. The summed E-state index contributed by atoms with van der Waals surface area (Å²) in [6, 6.07) is 33.3. The third-order valence-corrected chi connectivity index (χ3v) is 11.2. The van der Waals surface area contributed by atoms with Crippen LogP contribution in [0.1, 0.15) is 22.8 Å². The Bertz CT molecular complexity index is 1880. The predicted octanol–water partition coefficient (Wildman–Crippen LogP) is 6.48. The summed E-state index contributed by atoms with van der Waals surface area (Å²) in [4.78, 5) is 52.2. The predicted molar refractivity (Wildman–Crippen MR) is 184 cm³/mol. The largest absolute Gasteiger partial charge is 0.448 e. The molecule has 5 aromatic rings. The van der Waals surface area contributed by atoms with Crippen molar-refractivity contribution in [1.82, 2.24) is 20.2 Å². The highest BCUT2D eigenvalue weighted by molar-refractivity contribution is 8.07. The average Bonchev–Trinajstić information content (AvgIpc) is 3.59. The second-order valence-corrected chi connectivity index (χ2v) is 14.1. The highest BCUT2D eigenvalue weighted by atomic mass is 32.2. The van der Waals surface area contributed by atoms with Crippen molar-refractivity contribution in [3.8, 4) is 11.4 Å². The van der Waals surface area contributed by atoms with Crippen LogP contribution in [0.2, 0.25) is 0 Å². The number of ether oxygens (including phenoxy) is 1. The molecule has 1 N–H and O–H groups in total. The first-order valence-corrected chi connectivity index (χ1v) is 17.7. The van der Waals surface area contributed by atoms with Gasteiger partial charge in [0.2, 0.25) is 5.91 Å². The summed E-state index contributed by atoms with van der Waals surface area (Å²) in [5.41, 5.74) is 4.15. The number of carbonyl (C=O) groups is 3. The number of hydrogen-bond acceptors (Lipinski definition) is 9. The zero-order valence-electron chi connectivity index (χ0n) is 24.9. The molecule has 2 atom stereocenters. The standard InChI is InChI=1S/C36H28N4O4S3/c41-29(20-23-12-4-1-5-13-23)39-30-33(42)40-31(35(43)44-32(24-14-6-2-7-15-24)25-16-8-3-9-17-25)28(22-45-34(30)40)47-36-38-27(21-46-36)26-18-10-11-19-37-26/h1-19,21,30,32,34H,20,22H2,(H,39,41)/t30-,34-/m1/s1. The molecule has 0 aliphatic carbocycles. The van der Waals surface area contributed by atoms with Crippen molar-refractivity contribution in [2.45, 2.75) is 28.3 Å². The molecule has 8 nitrogen and oxygen atoms in total. The van der Waals surface area contributed by atoms with Crippen LogP contribution in [0.3, 0.4) is 0 Å². The molecule has 2 aliphatic heterocycles. The van der Waals surface area contributed by atoms with Gasteiger partial charge in [-0.3, -0.25) is 19.5 Å². The van der Waals surface area contributed by atoms with Gasteiger partial charge in [0.05, 0.1) is 12.1 Å². The lowest BCUT2D eigenvalue weighted by molar-refractivity contribution is -0.154. The number of rotatable bonds is 10. The summed E-state index contributed by atoms with van der Waals surface area (Å²) < 4.78 is 6.99. The van der Waals surface area contributed by atoms with Crippen molar-refractivity contribution in [3.63, 3.8) is 0 Å². The molecule has 11 heteroatoms. The second kappa shape index (κ2) is 14.0. The lowest BCUT2D eigenvalue weighted by Crippen LogP contribution is -2.70. The van der Waals surface area contributed by atoms with E-state index in [0.29, 0.717) is 15.0 Å². The Morgan fingerprint density at radius 2 is 1.55 bits per heavy atom. The van der Waals surface area contributed by atoms with Gasteiger partial charge in [0, 0.05) is 22.2 Å². The quantitative estimate of drug-likeness (QED) is 0.133. The number of fused-ring (bicyclic) bond motifs is 1. The lowest BCUT2D eigenvalue weighted by Gasteiger charge is -2.49. The number of hydrogen-bond donors (Lipinski definition) is 1. The fourth-order valence-electron chi connectivity index (χ4n) is 5.45. The van der Waals surface area contributed by atoms with Gasteiger partial charge in [-0.2, -0.15) is 0 Å². The monoisotopic (exact) mass is 676 g/mol. The minimum Gasteiger partial charge on any atom is -0.448 e. The van der Waals surface area contributed by atoms with Crippen molar-refractivity contribution in [1.29, 1.82) is 0 Å². The van der Waals surface area contributed by atoms with Crippen LogP contribution < -0.4 is 5.32 Å². The third-order valence-electron chi connectivity index (χ3n) is 7.70. The number of esters is 1. The maximum absolute atomic E-state index is 14.3. The highest BCUT2D eigenvalue weighted by Crippen LogP contribution is 2.47. The molecule has 1 fully saturated rings. The smallest absolute Gasteiger partial charge is 0.356 e. The van der Waals surface area contributed by atoms with Crippen LogP contribution in [0.25, 0.3) is 11.4 Å². The van der Waals surface area contributed by atoms with E-state index in [2.05, 4.69) is 10.3 Å². The number of nitrogens with zero attached hydrogens (tertiary/aromatic N) is 3. The molecule has 0 bridgehead atoms. The molecular formula is C36H28N4O4S3. The minimum absolute atomic E-state index is 0.159. The van der Waals surface area contributed by atoms with E-state index in [4.69, 9.17) is 9.72 Å². The normalized spacial score (nSPS) is 17.2. The molecular weight excluding hydrogens is 649 g/mol. The first-order chi connectivity index (χ1) is 23.0. The van der Waals surface area contributed by atoms with Crippen LogP contribution in [0, 0.1) is 0 Å². The molecule has 0 radical (unpaired) electrons. The number of thioether (sulfide) groups is 2. The van der Waals surface area contributed by atoms with E-state index in [1.54, 1.807) is 6.20 Å². The van der Waals surface area contributed by atoms with Gasteiger partial charge in [-0.1, -0.05) is 109 Å². The minimum atomic E-state index is -0.750. The number of β-lactam (4-membered cyclic amide) rings is 1. The zero-order chi connectivity index (χ0) is 32.2. The molecule has 234 valence electrons. The summed E-state index contributed by atoms with van der Waals surface area (Å²) in [7, 11) is 0. The van der Waals surface area contributed by atoms with E-state index < -0.39 is 23.5 Å². The number of pyridine rings is 1. The Kier molecular flexibility index (Phi) is 9.18. The summed E-state index contributed by atoms with van der Waals surface area (Å²) in [5, 5.41) is 4.39. The molecule has 2 aromatic heterocycles. The van der Waals surface area contributed by atoms with Crippen molar-refractivity contribution in [2.75, 3.05) is 5.75 Å². The second-order valence-electron chi connectivity index (χ2n) is 10.8. The number of aromatic nitrogens is 2. The van der Waals surface area contributed by atoms with E-state index in [1.165, 1.54) is 39.8 Å². The van der Waals surface area contributed by atoms with E-state index >= 15 is 0 Å². The molecule has 2 aliphatic rings. The Labute approximate surface area is 284 Å². The summed E-state index contributed by atoms with van der Waals surface area (Å²) in [6.07, 6.45) is 1.19. The molecule has 1 saturated heterocycles. The topological polar surface area (TPSA) is 101 Å². The van der Waals surface area contributed by atoms with E-state index in [0.717, 1.165) is 28.1 Å². The van der Waals surface area contributed by atoms with Gasteiger partial charge in [0.15, 0.2) is 10.4 Å². The van der Waals surface area contributed by atoms with Gasteiger partial charge in [-0.05, 0) is 28.8 Å².